The van der Waals surface area contributed by atoms with Crippen LogP contribution in [-0.4, -0.2) is 86.7 Å². The molecule has 0 radical (unpaired) electrons. The third-order valence-electron chi connectivity index (χ3n) is 9.06. The monoisotopic (exact) mass is 776 g/mol. The molecule has 4 N–H and O–H groups in total. The molecule has 1 atom stereocenters. The van der Waals surface area contributed by atoms with E-state index in [4.69, 9.17) is 19.4 Å². The number of carboxylic acid groups (broad SMARTS) is 1. The minimum atomic E-state index is -0.972. The summed E-state index contributed by atoms with van der Waals surface area (Å²) in [6.45, 7) is 15.8. The number of oxime groups is 1. The maximum absolute atomic E-state index is 12.8. The smallest absolute Gasteiger partial charge is 0.328 e. The van der Waals surface area contributed by atoms with Gasteiger partial charge in [0.25, 0.3) is 5.91 Å². The van der Waals surface area contributed by atoms with E-state index in [9.17, 15) is 19.2 Å². The summed E-state index contributed by atoms with van der Waals surface area (Å²) in [5.41, 5.74) is 5.75. The van der Waals surface area contributed by atoms with Crippen molar-refractivity contribution in [3.05, 3.63) is 94.6 Å². The van der Waals surface area contributed by atoms with E-state index in [2.05, 4.69) is 41.0 Å². The average Bonchev–Trinajstić information content (AvgIpc) is 3.12. The fourth-order valence-electron chi connectivity index (χ4n) is 5.99. The topological polar surface area (TPSA) is 165 Å². The van der Waals surface area contributed by atoms with Crippen LogP contribution in [0.4, 0.5) is 0 Å². The number of hydrogen-bond donors (Lipinski definition) is 4. The van der Waals surface area contributed by atoms with Gasteiger partial charge in [0.2, 0.25) is 11.8 Å². The molecule has 308 valence electrons. The number of carbonyl (C=O) groups excluding carboxylic acids is 3. The second-order valence-electron chi connectivity index (χ2n) is 15.0. The molecule has 12 nitrogen and oxygen atoms in total. The molecule has 12 heteroatoms. The molecular weight excluding hydrogens is 713 g/mol. The van der Waals surface area contributed by atoms with Gasteiger partial charge in [0.1, 0.15) is 6.04 Å². The Morgan fingerprint density at radius 3 is 2.27 bits per heavy atom. The first kappa shape index (κ1) is 47.3. The normalized spacial score (nSPS) is 16.1. The first-order valence-corrected chi connectivity index (χ1v) is 19.6. The maximum atomic E-state index is 12.8. The molecule has 0 fully saturated rings. The van der Waals surface area contributed by atoms with Crippen molar-refractivity contribution in [1.82, 2.24) is 16.0 Å². The van der Waals surface area contributed by atoms with Gasteiger partial charge >= 0.3 is 5.97 Å². The Morgan fingerprint density at radius 2 is 1.61 bits per heavy atom. The van der Waals surface area contributed by atoms with Gasteiger partial charge in [-0.05, 0) is 86.5 Å². The number of benzene rings is 1. The van der Waals surface area contributed by atoms with Gasteiger partial charge in [-0.3, -0.25) is 14.4 Å². The van der Waals surface area contributed by atoms with Crippen LogP contribution in [0.15, 0.2) is 94.2 Å². The highest BCUT2D eigenvalue weighted by Crippen LogP contribution is 2.40. The lowest BCUT2D eigenvalue weighted by atomic mass is 9.72. The Kier molecular flexibility index (Phi) is 22.1. The number of carboxylic acids is 1. The minimum absolute atomic E-state index is 0.0606. The Balaban J connectivity index is 1.64. The molecule has 3 amide bonds. The summed E-state index contributed by atoms with van der Waals surface area (Å²) >= 11 is 0. The zero-order valence-corrected chi connectivity index (χ0v) is 34.5. The van der Waals surface area contributed by atoms with Gasteiger partial charge in [0.15, 0.2) is 6.61 Å². The van der Waals surface area contributed by atoms with Crippen molar-refractivity contribution >= 4 is 29.4 Å². The van der Waals surface area contributed by atoms with Gasteiger partial charge in [-0.1, -0.05) is 99.1 Å². The maximum Gasteiger partial charge on any atom is 0.328 e. The van der Waals surface area contributed by atoms with Crippen LogP contribution in [0, 0.1) is 11.3 Å². The Bertz CT molecular complexity index is 1610. The Labute approximate surface area is 333 Å². The molecule has 0 aromatic heterocycles. The van der Waals surface area contributed by atoms with Crippen LogP contribution in [0.5, 0.6) is 0 Å². The molecule has 0 saturated heterocycles. The van der Waals surface area contributed by atoms with Crippen LogP contribution in [-0.2, 0) is 39.9 Å². The lowest BCUT2D eigenvalue weighted by Gasteiger charge is -2.33. The van der Waals surface area contributed by atoms with Crippen molar-refractivity contribution in [3.63, 3.8) is 0 Å². The molecule has 1 aliphatic rings. The number of nitrogens with zero attached hydrogens (tertiary/aromatic N) is 1. The molecular formula is C44H64N4O8. The van der Waals surface area contributed by atoms with Crippen LogP contribution >= 0.6 is 0 Å². The SMILES string of the molecule is CC1=C(/C=C/C(C)=C/C=C/C(C)=C/C(=O)O)C(C)(C)CC/C1=N\OCC(=O)NCCOCCOCCNC(=O)[C@H](CC(C)C)NC(=O)CCCc1ccccc1. The molecule has 1 aliphatic carbocycles. The van der Waals surface area contributed by atoms with Crippen molar-refractivity contribution in [2.45, 2.75) is 93.0 Å². The molecule has 0 unspecified atom stereocenters. The first-order chi connectivity index (χ1) is 26.7. The third-order valence-corrected chi connectivity index (χ3v) is 9.06. The van der Waals surface area contributed by atoms with Gasteiger partial charge in [-0.2, -0.15) is 0 Å². The molecule has 0 spiro atoms. The van der Waals surface area contributed by atoms with E-state index in [1.807, 2.05) is 76.3 Å². The molecule has 0 heterocycles. The fraction of sp³-hybridized carbons (Fsp3) is 0.523. The number of aliphatic carboxylic acids is 1. The second-order valence-corrected chi connectivity index (χ2v) is 15.0. The summed E-state index contributed by atoms with van der Waals surface area (Å²) < 4.78 is 11.1. The lowest BCUT2D eigenvalue weighted by Crippen LogP contribution is -2.48. The van der Waals surface area contributed by atoms with E-state index in [-0.39, 0.29) is 35.7 Å². The van der Waals surface area contributed by atoms with Gasteiger partial charge in [0.05, 0.1) is 32.1 Å². The average molecular weight is 777 g/mol. The van der Waals surface area contributed by atoms with E-state index in [1.54, 1.807) is 13.0 Å². The van der Waals surface area contributed by atoms with Crippen LogP contribution in [0.1, 0.15) is 86.1 Å². The second kappa shape index (κ2) is 26.1. The highest BCUT2D eigenvalue weighted by atomic mass is 16.6. The molecule has 0 aliphatic heterocycles. The van der Waals surface area contributed by atoms with E-state index < -0.39 is 12.0 Å². The number of nitrogens with one attached hydrogen (secondary N) is 3. The number of aryl methyl sites for hydroxylation is 1. The van der Waals surface area contributed by atoms with Crippen molar-refractivity contribution in [1.29, 1.82) is 0 Å². The zero-order chi connectivity index (χ0) is 41.3. The summed E-state index contributed by atoms with van der Waals surface area (Å²) in [7, 11) is 0. The van der Waals surface area contributed by atoms with Crippen molar-refractivity contribution in [2.75, 3.05) is 46.1 Å². The molecule has 1 aromatic carbocycles. The number of rotatable bonds is 25. The van der Waals surface area contributed by atoms with Gasteiger partial charge in [0, 0.05) is 25.6 Å². The summed E-state index contributed by atoms with van der Waals surface area (Å²) in [5.74, 6) is -1.38. The highest BCUT2D eigenvalue weighted by Gasteiger charge is 2.30. The molecule has 0 bridgehead atoms. The quantitative estimate of drug-likeness (QED) is 0.0383. The van der Waals surface area contributed by atoms with Gasteiger partial charge in [-0.25, -0.2) is 4.79 Å². The van der Waals surface area contributed by atoms with E-state index in [0.717, 1.165) is 47.8 Å². The highest BCUT2D eigenvalue weighted by molar-refractivity contribution is 6.01. The minimum Gasteiger partial charge on any atom is -0.478 e. The number of carbonyl (C=O) groups is 4. The van der Waals surface area contributed by atoms with E-state index in [1.165, 1.54) is 5.56 Å². The number of hydrogen-bond acceptors (Lipinski definition) is 8. The van der Waals surface area contributed by atoms with E-state index in [0.29, 0.717) is 64.4 Å². The lowest BCUT2D eigenvalue weighted by molar-refractivity contribution is -0.131. The fourth-order valence-corrected chi connectivity index (χ4v) is 5.99. The molecule has 56 heavy (non-hydrogen) atoms. The molecule has 1 aromatic rings. The standard InChI is InChI=1S/C44H64N4O8/c1-32(2)29-39(47-40(49)18-12-17-36-15-9-8-10-16-36)43(53)46-24-26-55-28-27-54-25-23-45-41(50)31-56-48-38-21-22-44(6,7)37(35(38)5)20-19-33(3)13-11-14-34(4)30-42(51)52/h8-11,13-16,19-20,30,32,39H,12,17-18,21-29,31H2,1-7H3,(H,45,50)(H,46,53)(H,47,49)(H,51,52)/b14-11+,20-19+,33-13+,34-30+,48-38+/t39-/m0/s1. The van der Waals surface area contributed by atoms with Crippen molar-refractivity contribution in [2.24, 2.45) is 16.5 Å². The van der Waals surface area contributed by atoms with Crippen LogP contribution in [0.25, 0.3) is 0 Å². The number of allylic oxidation sites excluding steroid dienone is 9. The van der Waals surface area contributed by atoms with Crippen molar-refractivity contribution < 1.29 is 38.6 Å². The van der Waals surface area contributed by atoms with Crippen LogP contribution in [0.2, 0.25) is 0 Å². The van der Waals surface area contributed by atoms with E-state index >= 15 is 0 Å². The summed E-state index contributed by atoms with van der Waals surface area (Å²) in [6.07, 6.45) is 14.8. The molecule has 0 saturated carbocycles. The van der Waals surface area contributed by atoms with Gasteiger partial charge in [-0.15, -0.1) is 0 Å². The molecule has 2 rings (SSSR count). The number of amides is 3. The predicted octanol–water partition coefficient (Wildman–Crippen LogP) is 6.40. The van der Waals surface area contributed by atoms with Crippen LogP contribution < -0.4 is 16.0 Å². The zero-order valence-electron chi connectivity index (χ0n) is 34.5. The Hall–Kier alpha value is -4.81. The Morgan fingerprint density at radius 1 is 0.929 bits per heavy atom. The summed E-state index contributed by atoms with van der Waals surface area (Å²) in [4.78, 5) is 53.9. The summed E-state index contributed by atoms with van der Waals surface area (Å²) in [6, 6.07) is 9.43. The largest absolute Gasteiger partial charge is 0.478 e. The first-order valence-electron chi connectivity index (χ1n) is 19.6. The third kappa shape index (κ3) is 20.2. The summed E-state index contributed by atoms with van der Waals surface area (Å²) in [5, 5.41) is 21.7. The van der Waals surface area contributed by atoms with Gasteiger partial charge < -0.3 is 35.4 Å². The van der Waals surface area contributed by atoms with Crippen LogP contribution in [0.3, 0.4) is 0 Å². The van der Waals surface area contributed by atoms with Crippen molar-refractivity contribution in [3.8, 4) is 0 Å². The number of ether oxygens (including phenoxy) is 2. The predicted molar refractivity (Wildman–Crippen MR) is 221 cm³/mol.